The van der Waals surface area contributed by atoms with Crippen molar-refractivity contribution in [1.82, 2.24) is 4.90 Å². The molecule has 1 fully saturated rings. The number of rotatable bonds is 3. The standard InChI is InChI=1S/C23H22N2O4/c1-12(26)20-19-10-16(21(23(28)29)25(19)22(20)27)13-7-8-18-17(9-13)15-6-4-3-5-14(15)11-24(18)2/h3-9,12,19-20,26H,10-11H2,1-2H3,(H,28,29)/t12-,19-,20-/m1/s1. The van der Waals surface area contributed by atoms with Crippen molar-refractivity contribution >= 4 is 23.1 Å². The Balaban J connectivity index is 1.63. The quantitative estimate of drug-likeness (QED) is 0.788. The minimum Gasteiger partial charge on any atom is -0.477 e. The van der Waals surface area contributed by atoms with E-state index in [0.29, 0.717) is 12.0 Å². The third-order valence-electron chi connectivity index (χ3n) is 6.40. The highest BCUT2D eigenvalue weighted by atomic mass is 16.4. The summed E-state index contributed by atoms with van der Waals surface area (Å²) in [5.41, 5.74) is 6.08. The van der Waals surface area contributed by atoms with E-state index in [-0.39, 0.29) is 17.6 Å². The predicted molar refractivity (Wildman–Crippen MR) is 109 cm³/mol. The van der Waals surface area contributed by atoms with E-state index in [0.717, 1.165) is 28.9 Å². The number of nitrogens with zero attached hydrogens (tertiary/aromatic N) is 2. The zero-order valence-electron chi connectivity index (χ0n) is 16.3. The minimum absolute atomic E-state index is 0.0503. The molecule has 2 N–H and O–H groups in total. The first-order valence-electron chi connectivity index (χ1n) is 9.80. The van der Waals surface area contributed by atoms with Crippen LogP contribution in [0.3, 0.4) is 0 Å². The molecule has 0 radical (unpaired) electrons. The number of anilines is 1. The van der Waals surface area contributed by atoms with Crippen molar-refractivity contribution in [2.24, 2.45) is 5.92 Å². The number of β-lactam (4-membered cyclic amide) rings is 1. The average molecular weight is 390 g/mol. The lowest BCUT2D eigenvalue weighted by Crippen LogP contribution is -2.61. The second-order valence-corrected chi connectivity index (χ2v) is 8.12. The number of aliphatic hydroxyl groups excluding tert-OH is 1. The molecular formula is C23H22N2O4. The molecule has 2 aromatic carbocycles. The van der Waals surface area contributed by atoms with E-state index in [1.54, 1.807) is 6.92 Å². The maximum absolute atomic E-state index is 12.5. The van der Waals surface area contributed by atoms with E-state index in [4.69, 9.17) is 0 Å². The molecule has 0 bridgehead atoms. The first-order valence-corrected chi connectivity index (χ1v) is 9.80. The number of carboxylic acids is 1. The van der Waals surface area contributed by atoms with E-state index in [1.165, 1.54) is 10.5 Å². The van der Waals surface area contributed by atoms with Gasteiger partial charge in [-0.15, -0.1) is 0 Å². The summed E-state index contributed by atoms with van der Waals surface area (Å²) in [6, 6.07) is 14.0. The molecule has 3 aliphatic heterocycles. The second kappa shape index (κ2) is 6.19. The summed E-state index contributed by atoms with van der Waals surface area (Å²) in [5, 5.41) is 19.8. The van der Waals surface area contributed by atoms with Crippen LogP contribution in [0.1, 0.15) is 24.5 Å². The van der Waals surface area contributed by atoms with Gasteiger partial charge in [0.25, 0.3) is 0 Å². The van der Waals surface area contributed by atoms with Crippen molar-refractivity contribution in [2.75, 3.05) is 11.9 Å². The molecular weight excluding hydrogens is 368 g/mol. The summed E-state index contributed by atoms with van der Waals surface area (Å²) in [6.07, 6.45) is -0.346. The molecule has 1 saturated heterocycles. The number of hydrogen-bond donors (Lipinski definition) is 2. The van der Waals surface area contributed by atoms with Gasteiger partial charge in [0, 0.05) is 24.8 Å². The lowest BCUT2D eigenvalue weighted by atomic mass is 9.82. The number of fused-ring (bicyclic) bond motifs is 4. The van der Waals surface area contributed by atoms with Crippen LogP contribution < -0.4 is 4.90 Å². The maximum atomic E-state index is 12.5. The van der Waals surface area contributed by atoms with Crippen LogP contribution in [0.2, 0.25) is 0 Å². The zero-order valence-corrected chi connectivity index (χ0v) is 16.3. The minimum atomic E-state index is -1.10. The predicted octanol–water partition coefficient (Wildman–Crippen LogP) is 2.71. The van der Waals surface area contributed by atoms with Gasteiger partial charge in [0.1, 0.15) is 5.70 Å². The van der Waals surface area contributed by atoms with Gasteiger partial charge in [-0.3, -0.25) is 4.79 Å². The van der Waals surface area contributed by atoms with Gasteiger partial charge in [0.05, 0.1) is 18.1 Å². The van der Waals surface area contributed by atoms with Crippen LogP contribution >= 0.6 is 0 Å². The molecule has 148 valence electrons. The van der Waals surface area contributed by atoms with Crippen molar-refractivity contribution in [2.45, 2.75) is 32.0 Å². The normalized spacial score (nSPS) is 23.3. The third kappa shape index (κ3) is 2.45. The molecule has 0 spiro atoms. The van der Waals surface area contributed by atoms with Gasteiger partial charge in [0.15, 0.2) is 0 Å². The zero-order chi connectivity index (χ0) is 20.4. The first-order chi connectivity index (χ1) is 13.9. The lowest BCUT2D eigenvalue weighted by Gasteiger charge is -2.44. The number of carbonyl (C=O) groups excluding carboxylic acids is 1. The molecule has 1 amide bonds. The monoisotopic (exact) mass is 390 g/mol. The first kappa shape index (κ1) is 17.9. The molecule has 0 aliphatic carbocycles. The largest absolute Gasteiger partial charge is 0.477 e. The van der Waals surface area contributed by atoms with Crippen molar-refractivity contribution < 1.29 is 19.8 Å². The van der Waals surface area contributed by atoms with E-state index < -0.39 is 18.0 Å². The Hall–Kier alpha value is -3.12. The van der Waals surface area contributed by atoms with Crippen LogP contribution in [0.15, 0.2) is 48.2 Å². The highest BCUT2D eigenvalue weighted by Crippen LogP contribution is 2.48. The lowest BCUT2D eigenvalue weighted by molar-refractivity contribution is -0.161. The summed E-state index contributed by atoms with van der Waals surface area (Å²) < 4.78 is 0. The van der Waals surface area contributed by atoms with Crippen molar-refractivity contribution in [3.8, 4) is 11.1 Å². The number of amides is 1. The van der Waals surface area contributed by atoms with E-state index in [2.05, 4.69) is 17.0 Å². The van der Waals surface area contributed by atoms with E-state index in [1.807, 2.05) is 37.4 Å². The van der Waals surface area contributed by atoms with Gasteiger partial charge < -0.3 is 20.0 Å². The highest BCUT2D eigenvalue weighted by Gasteiger charge is 2.56. The molecule has 3 atom stereocenters. The van der Waals surface area contributed by atoms with Crippen molar-refractivity contribution in [3.05, 3.63) is 59.3 Å². The Labute approximate surface area is 168 Å². The summed E-state index contributed by atoms with van der Waals surface area (Å²) in [7, 11) is 2.05. The Morgan fingerprint density at radius 3 is 2.66 bits per heavy atom. The smallest absolute Gasteiger partial charge is 0.352 e. The SMILES string of the molecule is C[C@@H](O)[C@H]1C(=O)N2C(C(=O)O)=C(c3ccc4c(c3)-c3ccccc3CN4C)C[C@H]12. The maximum Gasteiger partial charge on any atom is 0.352 e. The van der Waals surface area contributed by atoms with Gasteiger partial charge >= 0.3 is 5.97 Å². The van der Waals surface area contributed by atoms with Gasteiger partial charge in [-0.25, -0.2) is 4.79 Å². The van der Waals surface area contributed by atoms with E-state index >= 15 is 0 Å². The molecule has 0 unspecified atom stereocenters. The molecule has 0 saturated carbocycles. The Morgan fingerprint density at radius 2 is 1.93 bits per heavy atom. The number of carbonyl (C=O) groups is 2. The summed E-state index contributed by atoms with van der Waals surface area (Å²) in [5.74, 6) is -1.94. The van der Waals surface area contributed by atoms with Crippen LogP contribution in [-0.4, -0.2) is 46.2 Å². The van der Waals surface area contributed by atoms with Crippen LogP contribution in [0.25, 0.3) is 16.7 Å². The fourth-order valence-electron chi connectivity index (χ4n) is 5.06. The molecule has 3 heterocycles. The fraction of sp³-hybridized carbons (Fsp3) is 0.304. The summed E-state index contributed by atoms with van der Waals surface area (Å²) in [4.78, 5) is 28.0. The van der Waals surface area contributed by atoms with Crippen LogP contribution in [0.4, 0.5) is 5.69 Å². The van der Waals surface area contributed by atoms with Gasteiger partial charge in [-0.2, -0.15) is 0 Å². The van der Waals surface area contributed by atoms with Crippen molar-refractivity contribution in [3.63, 3.8) is 0 Å². The van der Waals surface area contributed by atoms with E-state index in [9.17, 15) is 19.8 Å². The summed E-state index contributed by atoms with van der Waals surface area (Å²) in [6.45, 7) is 2.41. The number of aliphatic carboxylic acids is 1. The molecule has 5 rings (SSSR count). The Morgan fingerprint density at radius 1 is 1.17 bits per heavy atom. The molecule has 6 heteroatoms. The molecule has 2 aromatic rings. The number of aliphatic hydroxyl groups is 1. The molecule has 29 heavy (non-hydrogen) atoms. The van der Waals surface area contributed by atoms with Crippen LogP contribution in [-0.2, 0) is 16.1 Å². The number of benzene rings is 2. The van der Waals surface area contributed by atoms with Crippen LogP contribution in [0, 0.1) is 5.92 Å². The molecule has 0 aromatic heterocycles. The van der Waals surface area contributed by atoms with Gasteiger partial charge in [-0.05, 0) is 47.7 Å². The van der Waals surface area contributed by atoms with Crippen molar-refractivity contribution in [1.29, 1.82) is 0 Å². The van der Waals surface area contributed by atoms with Gasteiger partial charge in [-0.1, -0.05) is 30.3 Å². The Bertz CT molecular complexity index is 1090. The number of carboxylic acid groups (broad SMARTS) is 1. The third-order valence-corrected chi connectivity index (χ3v) is 6.40. The molecule has 6 nitrogen and oxygen atoms in total. The molecule has 3 aliphatic rings. The number of hydrogen-bond acceptors (Lipinski definition) is 4. The Kier molecular flexibility index (Phi) is 3.83. The summed E-state index contributed by atoms with van der Waals surface area (Å²) >= 11 is 0. The highest BCUT2D eigenvalue weighted by molar-refractivity contribution is 6.06. The second-order valence-electron chi connectivity index (χ2n) is 8.12. The van der Waals surface area contributed by atoms with Crippen LogP contribution in [0.5, 0.6) is 0 Å². The fourth-order valence-corrected chi connectivity index (χ4v) is 5.06. The topological polar surface area (TPSA) is 81.1 Å². The average Bonchev–Trinajstić information content (AvgIpc) is 3.03. The van der Waals surface area contributed by atoms with Gasteiger partial charge in [0.2, 0.25) is 5.91 Å².